The van der Waals surface area contributed by atoms with E-state index in [0.29, 0.717) is 6.54 Å². The molecule has 1 heterocycles. The van der Waals surface area contributed by atoms with Gasteiger partial charge in [0.25, 0.3) is 11.7 Å². The number of nitrogens with one attached hydrogen (secondary N) is 1. The number of carbonyl (C=O) groups excluding carboxylic acids is 3. The zero-order valence-electron chi connectivity index (χ0n) is 11.6. The molecule has 2 rings (SSSR count). The van der Waals surface area contributed by atoms with Crippen molar-refractivity contribution in [3.8, 4) is 0 Å². The van der Waals surface area contributed by atoms with E-state index in [0.717, 1.165) is 4.90 Å². The number of rotatable bonds is 4. The van der Waals surface area contributed by atoms with E-state index in [-0.39, 0.29) is 39.7 Å². The monoisotopic (exact) mass is 328 g/mol. The Kier molecular flexibility index (Phi) is 4.54. The van der Waals surface area contributed by atoms with Gasteiger partial charge in [-0.15, -0.1) is 0 Å². The van der Waals surface area contributed by atoms with E-state index >= 15 is 0 Å². The normalized spacial score (nSPS) is 13.9. The molecule has 112 valence electrons. The molecule has 0 radical (unpaired) electrons. The van der Waals surface area contributed by atoms with Crippen LogP contribution in [-0.4, -0.2) is 30.7 Å². The zero-order valence-corrected chi connectivity index (χ0v) is 13.1. The molecule has 0 spiro atoms. The molecule has 0 aliphatic carbocycles. The maximum atomic E-state index is 12.0. The standard InChI is InChI=1S/C14H14Cl2N2O3/c1-7(2)5-17-10(19)6-18-12-9(16)4-3-8(15)11(12)13(20)14(18)21/h3-4,7H,5-6H2,1-2H3,(H,17,19). The highest BCUT2D eigenvalue weighted by molar-refractivity contribution is 6.57. The number of fused-ring (bicyclic) bond motifs is 1. The van der Waals surface area contributed by atoms with E-state index in [1.54, 1.807) is 0 Å². The molecule has 0 unspecified atom stereocenters. The first-order valence-corrected chi connectivity index (χ1v) is 7.19. The molecule has 0 saturated heterocycles. The fourth-order valence-corrected chi connectivity index (χ4v) is 2.52. The Bertz CT molecular complexity index is 629. The fourth-order valence-electron chi connectivity index (χ4n) is 2.02. The van der Waals surface area contributed by atoms with Crippen LogP contribution in [-0.2, 0) is 9.59 Å². The number of anilines is 1. The number of benzene rings is 1. The topological polar surface area (TPSA) is 66.5 Å². The summed E-state index contributed by atoms with van der Waals surface area (Å²) in [5, 5.41) is 3.05. The van der Waals surface area contributed by atoms with Gasteiger partial charge in [0, 0.05) is 6.54 Å². The predicted octanol–water partition coefficient (Wildman–Crippen LogP) is 2.29. The van der Waals surface area contributed by atoms with Gasteiger partial charge >= 0.3 is 0 Å². The van der Waals surface area contributed by atoms with Gasteiger partial charge in [0.15, 0.2) is 0 Å². The second-order valence-electron chi connectivity index (χ2n) is 5.17. The number of ketones is 1. The van der Waals surface area contributed by atoms with Crippen molar-refractivity contribution in [1.82, 2.24) is 5.32 Å². The van der Waals surface area contributed by atoms with Gasteiger partial charge in [-0.25, -0.2) is 0 Å². The SMILES string of the molecule is CC(C)CNC(=O)CN1C(=O)C(=O)c2c(Cl)ccc(Cl)c21. The van der Waals surface area contributed by atoms with Gasteiger partial charge in [0.2, 0.25) is 5.91 Å². The third kappa shape index (κ3) is 3.04. The summed E-state index contributed by atoms with van der Waals surface area (Å²) in [7, 11) is 0. The first-order valence-electron chi connectivity index (χ1n) is 6.43. The molecule has 2 amide bonds. The summed E-state index contributed by atoms with van der Waals surface area (Å²) in [4.78, 5) is 36.9. The summed E-state index contributed by atoms with van der Waals surface area (Å²) >= 11 is 12.0. The number of Topliss-reactive ketones (excluding diaryl/α,β-unsaturated/α-hetero) is 1. The lowest BCUT2D eigenvalue weighted by atomic mass is 10.1. The van der Waals surface area contributed by atoms with E-state index in [2.05, 4.69) is 5.32 Å². The van der Waals surface area contributed by atoms with Gasteiger partial charge in [-0.05, 0) is 18.1 Å². The molecule has 0 fully saturated rings. The van der Waals surface area contributed by atoms with E-state index in [1.165, 1.54) is 12.1 Å². The Balaban J connectivity index is 2.27. The Morgan fingerprint density at radius 3 is 2.48 bits per heavy atom. The molecule has 1 aromatic rings. The van der Waals surface area contributed by atoms with Crippen LogP contribution in [0.3, 0.4) is 0 Å². The van der Waals surface area contributed by atoms with E-state index in [1.807, 2.05) is 13.8 Å². The second kappa shape index (κ2) is 6.03. The van der Waals surface area contributed by atoms with Crippen LogP contribution in [0.25, 0.3) is 0 Å². The first kappa shape index (κ1) is 15.8. The van der Waals surface area contributed by atoms with Gasteiger partial charge in [-0.1, -0.05) is 37.0 Å². The lowest BCUT2D eigenvalue weighted by molar-refractivity contribution is -0.122. The first-order chi connectivity index (χ1) is 9.82. The number of amides is 2. The van der Waals surface area contributed by atoms with Crippen LogP contribution in [0.5, 0.6) is 0 Å². The lowest BCUT2D eigenvalue weighted by Crippen LogP contribution is -2.41. The third-order valence-electron chi connectivity index (χ3n) is 3.02. The molecule has 0 atom stereocenters. The molecule has 0 saturated carbocycles. The van der Waals surface area contributed by atoms with Gasteiger partial charge < -0.3 is 5.32 Å². The molecule has 1 aliphatic heterocycles. The van der Waals surface area contributed by atoms with Gasteiger partial charge in [0.1, 0.15) is 6.54 Å². The molecule has 0 bridgehead atoms. The zero-order chi connectivity index (χ0) is 15.7. The molecule has 21 heavy (non-hydrogen) atoms. The molecule has 0 aromatic heterocycles. The lowest BCUT2D eigenvalue weighted by Gasteiger charge is -2.17. The Morgan fingerprint density at radius 1 is 1.24 bits per heavy atom. The van der Waals surface area contributed by atoms with Crippen molar-refractivity contribution in [1.29, 1.82) is 0 Å². The average Bonchev–Trinajstić information content (AvgIpc) is 2.67. The summed E-state index contributed by atoms with van der Waals surface area (Å²) in [6, 6.07) is 2.95. The van der Waals surface area contributed by atoms with Gasteiger partial charge in [-0.2, -0.15) is 0 Å². The molecule has 5 nitrogen and oxygen atoms in total. The molecule has 7 heteroatoms. The van der Waals surface area contributed by atoms with Crippen LogP contribution in [0.15, 0.2) is 12.1 Å². The molecule has 1 aliphatic rings. The van der Waals surface area contributed by atoms with Crippen molar-refractivity contribution >= 4 is 46.5 Å². The number of hydrogen-bond donors (Lipinski definition) is 1. The minimum atomic E-state index is -0.792. The van der Waals surface area contributed by atoms with Crippen molar-refractivity contribution in [2.45, 2.75) is 13.8 Å². The third-order valence-corrected chi connectivity index (χ3v) is 3.64. The van der Waals surface area contributed by atoms with Crippen molar-refractivity contribution in [2.75, 3.05) is 18.0 Å². The van der Waals surface area contributed by atoms with Gasteiger partial charge in [-0.3, -0.25) is 19.3 Å². The van der Waals surface area contributed by atoms with Crippen LogP contribution in [0.4, 0.5) is 5.69 Å². The second-order valence-corrected chi connectivity index (χ2v) is 5.99. The summed E-state index contributed by atoms with van der Waals surface area (Å²) in [6.45, 7) is 4.14. The van der Waals surface area contributed by atoms with Crippen molar-refractivity contribution in [3.05, 3.63) is 27.7 Å². The number of carbonyl (C=O) groups is 3. The minimum absolute atomic E-state index is 0.0610. The number of halogens is 2. The largest absolute Gasteiger partial charge is 0.354 e. The fraction of sp³-hybridized carbons (Fsp3) is 0.357. The van der Waals surface area contributed by atoms with E-state index < -0.39 is 11.7 Å². The quantitative estimate of drug-likeness (QED) is 0.862. The van der Waals surface area contributed by atoms with Crippen LogP contribution in [0.1, 0.15) is 24.2 Å². The predicted molar refractivity (Wildman–Crippen MR) is 81.0 cm³/mol. The molecule has 1 N–H and O–H groups in total. The smallest absolute Gasteiger partial charge is 0.300 e. The highest BCUT2D eigenvalue weighted by Crippen LogP contribution is 2.39. The summed E-state index contributed by atoms with van der Waals surface area (Å²) in [6.07, 6.45) is 0. The number of nitrogens with zero attached hydrogens (tertiary/aromatic N) is 1. The Morgan fingerprint density at radius 2 is 1.86 bits per heavy atom. The van der Waals surface area contributed by atoms with Crippen molar-refractivity contribution < 1.29 is 14.4 Å². The maximum Gasteiger partial charge on any atom is 0.300 e. The Labute approximate surface area is 132 Å². The van der Waals surface area contributed by atoms with Crippen molar-refractivity contribution in [2.24, 2.45) is 5.92 Å². The van der Waals surface area contributed by atoms with Gasteiger partial charge in [0.05, 0.1) is 21.3 Å². The molecule has 1 aromatic carbocycles. The summed E-state index contributed by atoms with van der Waals surface area (Å²) in [5.41, 5.74) is 0.268. The summed E-state index contributed by atoms with van der Waals surface area (Å²) < 4.78 is 0. The number of hydrogen-bond acceptors (Lipinski definition) is 3. The average molecular weight is 329 g/mol. The van der Waals surface area contributed by atoms with E-state index in [4.69, 9.17) is 23.2 Å². The Hall–Kier alpha value is -1.59. The van der Waals surface area contributed by atoms with Crippen LogP contribution in [0.2, 0.25) is 10.0 Å². The maximum absolute atomic E-state index is 12.0. The van der Waals surface area contributed by atoms with E-state index in [9.17, 15) is 14.4 Å². The molecular formula is C14H14Cl2N2O3. The van der Waals surface area contributed by atoms with Crippen LogP contribution >= 0.6 is 23.2 Å². The van der Waals surface area contributed by atoms with Crippen LogP contribution < -0.4 is 10.2 Å². The molecular weight excluding hydrogens is 315 g/mol. The summed E-state index contributed by atoms with van der Waals surface area (Å²) in [5.74, 6) is -1.60. The highest BCUT2D eigenvalue weighted by Gasteiger charge is 2.40. The highest BCUT2D eigenvalue weighted by atomic mass is 35.5. The van der Waals surface area contributed by atoms with Crippen molar-refractivity contribution in [3.63, 3.8) is 0 Å². The minimum Gasteiger partial charge on any atom is -0.354 e. The van der Waals surface area contributed by atoms with Crippen LogP contribution in [0, 0.1) is 5.92 Å².